The van der Waals surface area contributed by atoms with Crippen molar-refractivity contribution >= 4 is 12.0 Å². The summed E-state index contributed by atoms with van der Waals surface area (Å²) in [6.07, 6.45) is 10.5. The highest BCUT2D eigenvalue weighted by Crippen LogP contribution is 2.26. The first-order chi connectivity index (χ1) is 9.06. The summed E-state index contributed by atoms with van der Waals surface area (Å²) in [5.41, 5.74) is 0. The molecule has 1 saturated carbocycles. The largest absolute Gasteiger partial charge is 0.480 e. The minimum atomic E-state index is -1.06. The third kappa shape index (κ3) is 5.21. The Labute approximate surface area is 114 Å². The van der Waals surface area contributed by atoms with Gasteiger partial charge in [0, 0.05) is 6.04 Å². The Bertz CT molecular complexity index is 354. The molecule has 2 N–H and O–H groups in total. The average Bonchev–Trinajstić information content (AvgIpc) is 2.38. The molecule has 0 aromatic heterocycles. The number of hydrogen-bond donors (Lipinski definition) is 2. The second kappa shape index (κ2) is 7.67. The van der Waals surface area contributed by atoms with Crippen molar-refractivity contribution in [3.63, 3.8) is 0 Å². The molecule has 5 nitrogen and oxygen atoms in total. The van der Waals surface area contributed by atoms with E-state index in [4.69, 9.17) is 11.5 Å². The molecule has 0 spiro atoms. The molecule has 1 aliphatic rings. The van der Waals surface area contributed by atoms with E-state index in [1.54, 1.807) is 0 Å². The molecule has 0 aromatic carbocycles. The second-order valence-electron chi connectivity index (χ2n) is 5.03. The highest BCUT2D eigenvalue weighted by atomic mass is 16.4. The van der Waals surface area contributed by atoms with E-state index in [1.165, 1.54) is 6.42 Å². The van der Waals surface area contributed by atoms with E-state index in [-0.39, 0.29) is 25.2 Å². The maximum absolute atomic E-state index is 11.9. The summed E-state index contributed by atoms with van der Waals surface area (Å²) in [5.74, 6) is 2.01. The molecular weight excluding hydrogens is 244 g/mol. The first kappa shape index (κ1) is 15.4. The van der Waals surface area contributed by atoms with Crippen molar-refractivity contribution in [2.75, 3.05) is 13.1 Å². The molecule has 0 atom stereocenters. The number of rotatable bonds is 5. The van der Waals surface area contributed by atoms with Crippen molar-refractivity contribution < 1.29 is 14.7 Å². The molecule has 2 amide bonds. The third-order valence-corrected chi connectivity index (χ3v) is 3.65. The molecule has 1 fully saturated rings. The number of carboxylic acid groups (broad SMARTS) is 1. The summed E-state index contributed by atoms with van der Waals surface area (Å²) >= 11 is 0. The van der Waals surface area contributed by atoms with Gasteiger partial charge in [0.1, 0.15) is 6.54 Å². The Morgan fingerprint density at radius 2 is 2.00 bits per heavy atom. The van der Waals surface area contributed by atoms with Gasteiger partial charge in [0.15, 0.2) is 0 Å². The highest BCUT2D eigenvalue weighted by molar-refractivity contribution is 5.80. The van der Waals surface area contributed by atoms with Gasteiger partial charge in [0.05, 0.1) is 6.54 Å². The van der Waals surface area contributed by atoms with Crippen LogP contribution in [0.2, 0.25) is 0 Å². The summed E-state index contributed by atoms with van der Waals surface area (Å²) < 4.78 is 0. The standard InChI is InChI=1S/C14H22N2O3/c1-3-9-16(10-13(17)18)14(19)15-12-7-5-11(4-2)6-8-12/h1,11-12H,4-10H2,2H3,(H,15,19)(H,17,18). The number of amides is 2. The average molecular weight is 266 g/mol. The number of aliphatic carboxylic acids is 1. The zero-order valence-corrected chi connectivity index (χ0v) is 11.4. The topological polar surface area (TPSA) is 69.6 Å². The van der Waals surface area contributed by atoms with Crippen molar-refractivity contribution in [1.82, 2.24) is 10.2 Å². The Kier molecular flexibility index (Phi) is 6.20. The van der Waals surface area contributed by atoms with Gasteiger partial charge in [-0.15, -0.1) is 6.42 Å². The monoisotopic (exact) mass is 266 g/mol. The molecule has 0 saturated heterocycles. The van der Waals surface area contributed by atoms with Gasteiger partial charge < -0.3 is 15.3 Å². The molecule has 5 heteroatoms. The van der Waals surface area contributed by atoms with E-state index in [9.17, 15) is 9.59 Å². The normalized spacial score (nSPS) is 22.3. The number of terminal acetylenes is 1. The van der Waals surface area contributed by atoms with Crippen LogP contribution in [0, 0.1) is 18.3 Å². The molecule has 1 aliphatic carbocycles. The molecule has 0 aliphatic heterocycles. The van der Waals surface area contributed by atoms with Crippen LogP contribution < -0.4 is 5.32 Å². The molecule has 1 rings (SSSR count). The fourth-order valence-electron chi connectivity index (χ4n) is 2.45. The van der Waals surface area contributed by atoms with E-state index in [0.29, 0.717) is 0 Å². The highest BCUT2D eigenvalue weighted by Gasteiger charge is 2.23. The quantitative estimate of drug-likeness (QED) is 0.744. The van der Waals surface area contributed by atoms with Crippen LogP contribution >= 0.6 is 0 Å². The van der Waals surface area contributed by atoms with Gasteiger partial charge in [0.2, 0.25) is 0 Å². The maximum Gasteiger partial charge on any atom is 0.323 e. The summed E-state index contributed by atoms with van der Waals surface area (Å²) in [6.45, 7) is 1.84. The van der Waals surface area contributed by atoms with Crippen molar-refractivity contribution in [3.05, 3.63) is 0 Å². The molecule has 0 radical (unpaired) electrons. The SMILES string of the molecule is C#CCN(CC(=O)O)C(=O)NC1CCC(CC)CC1. The van der Waals surface area contributed by atoms with Gasteiger partial charge in [0.25, 0.3) is 0 Å². The van der Waals surface area contributed by atoms with E-state index in [1.807, 2.05) is 0 Å². The van der Waals surface area contributed by atoms with Crippen LogP contribution in [0.1, 0.15) is 39.0 Å². The van der Waals surface area contributed by atoms with Gasteiger partial charge in [-0.2, -0.15) is 0 Å². The lowest BCUT2D eigenvalue weighted by Gasteiger charge is -2.30. The lowest BCUT2D eigenvalue weighted by atomic mass is 9.84. The minimum Gasteiger partial charge on any atom is -0.480 e. The lowest BCUT2D eigenvalue weighted by Crippen LogP contribution is -2.47. The van der Waals surface area contributed by atoms with Crippen molar-refractivity contribution in [2.24, 2.45) is 5.92 Å². The molecule has 19 heavy (non-hydrogen) atoms. The number of urea groups is 1. The first-order valence-corrected chi connectivity index (χ1v) is 6.77. The van der Waals surface area contributed by atoms with Crippen LogP contribution in [0.4, 0.5) is 4.79 Å². The summed E-state index contributed by atoms with van der Waals surface area (Å²) in [7, 11) is 0. The summed E-state index contributed by atoms with van der Waals surface area (Å²) in [5, 5.41) is 11.6. The van der Waals surface area contributed by atoms with Gasteiger partial charge in [-0.25, -0.2) is 4.79 Å². The van der Waals surface area contributed by atoms with Crippen molar-refractivity contribution in [3.8, 4) is 12.3 Å². The van der Waals surface area contributed by atoms with E-state index in [2.05, 4.69) is 18.2 Å². The van der Waals surface area contributed by atoms with Crippen molar-refractivity contribution in [1.29, 1.82) is 0 Å². The minimum absolute atomic E-state index is 0.0163. The second-order valence-corrected chi connectivity index (χ2v) is 5.03. The summed E-state index contributed by atoms with van der Waals surface area (Å²) in [6, 6.07) is -0.232. The zero-order chi connectivity index (χ0) is 14.3. The number of carbonyl (C=O) groups excluding carboxylic acids is 1. The summed E-state index contributed by atoms with van der Waals surface area (Å²) in [4.78, 5) is 23.8. The smallest absolute Gasteiger partial charge is 0.323 e. The van der Waals surface area contributed by atoms with Gasteiger partial charge in [-0.1, -0.05) is 19.3 Å². The van der Waals surface area contributed by atoms with Crippen LogP contribution in [0.5, 0.6) is 0 Å². The zero-order valence-electron chi connectivity index (χ0n) is 11.4. The van der Waals surface area contributed by atoms with Gasteiger partial charge in [-0.05, 0) is 31.6 Å². The molecule has 0 heterocycles. The van der Waals surface area contributed by atoms with Crippen molar-refractivity contribution in [2.45, 2.75) is 45.1 Å². The molecule has 0 aromatic rings. The van der Waals surface area contributed by atoms with Crippen LogP contribution in [-0.2, 0) is 4.79 Å². The maximum atomic E-state index is 11.9. The van der Waals surface area contributed by atoms with E-state index in [0.717, 1.165) is 36.5 Å². The van der Waals surface area contributed by atoms with Gasteiger partial charge in [-0.3, -0.25) is 4.79 Å². The lowest BCUT2D eigenvalue weighted by molar-refractivity contribution is -0.137. The Morgan fingerprint density at radius 3 is 2.47 bits per heavy atom. The number of nitrogens with one attached hydrogen (secondary N) is 1. The van der Waals surface area contributed by atoms with Crippen LogP contribution in [0.25, 0.3) is 0 Å². The number of carbonyl (C=O) groups is 2. The Hall–Kier alpha value is -1.70. The molecular formula is C14H22N2O3. The first-order valence-electron chi connectivity index (χ1n) is 6.77. The molecule has 106 valence electrons. The number of nitrogens with zero attached hydrogens (tertiary/aromatic N) is 1. The fourth-order valence-corrected chi connectivity index (χ4v) is 2.45. The van der Waals surface area contributed by atoms with E-state index >= 15 is 0 Å². The van der Waals surface area contributed by atoms with Gasteiger partial charge >= 0.3 is 12.0 Å². The van der Waals surface area contributed by atoms with Crippen LogP contribution in [0.3, 0.4) is 0 Å². The predicted octanol–water partition coefficient (Wildman–Crippen LogP) is 1.68. The fraction of sp³-hybridized carbons (Fsp3) is 0.714. The van der Waals surface area contributed by atoms with E-state index < -0.39 is 5.97 Å². The van der Waals surface area contributed by atoms with Crippen LogP contribution in [-0.4, -0.2) is 41.1 Å². The number of carboxylic acids is 1. The third-order valence-electron chi connectivity index (χ3n) is 3.65. The Balaban J connectivity index is 2.44. The van der Waals surface area contributed by atoms with Crippen LogP contribution in [0.15, 0.2) is 0 Å². The molecule has 0 unspecified atom stereocenters. The number of hydrogen-bond acceptors (Lipinski definition) is 2. The predicted molar refractivity (Wildman–Crippen MR) is 72.6 cm³/mol. The molecule has 0 bridgehead atoms. The Morgan fingerprint density at radius 1 is 1.37 bits per heavy atom.